The van der Waals surface area contributed by atoms with Gasteiger partial charge in [0.1, 0.15) is 0 Å². The average molecular weight is 359 g/mol. The molecule has 1 rings (SSSR count). The van der Waals surface area contributed by atoms with E-state index in [1.54, 1.807) is 0 Å². The number of halogens is 9. The fourth-order valence-electron chi connectivity index (χ4n) is 1.52. The van der Waals surface area contributed by atoms with Crippen molar-refractivity contribution in [3.05, 3.63) is 35.4 Å². The minimum Gasteiger partial charge on any atom is -0.194 e. The van der Waals surface area contributed by atoms with Crippen LogP contribution in [0.2, 0.25) is 0 Å². The Labute approximate surface area is 120 Å². The molecule has 1 aromatic carbocycles. The molecule has 0 amide bonds. The van der Waals surface area contributed by atoms with E-state index in [9.17, 15) is 30.7 Å². The topological polar surface area (TPSA) is 0 Å². The Morgan fingerprint density at radius 2 is 1.40 bits per heavy atom. The fourth-order valence-corrected chi connectivity index (χ4v) is 3.20. The summed E-state index contributed by atoms with van der Waals surface area (Å²) in [4.78, 5) is 0. The Balaban J connectivity index is 3.35. The van der Waals surface area contributed by atoms with Crippen LogP contribution < -0.4 is 0 Å². The van der Waals surface area contributed by atoms with Crippen LogP contribution in [0.4, 0.5) is 30.7 Å². The van der Waals surface area contributed by atoms with Crippen molar-refractivity contribution >= 4 is 29.6 Å². The molecule has 0 radical (unpaired) electrons. The molecule has 0 atom stereocenters. The number of hydrogen-bond acceptors (Lipinski definition) is 0. The SMILES string of the molecule is FC(F)(F)C(F)(F)C(F)(F)c1ccccc1C[SiH](Cl)Cl. The summed E-state index contributed by atoms with van der Waals surface area (Å²) < 4.78 is 89.6. The lowest BCUT2D eigenvalue weighted by Gasteiger charge is -2.29. The van der Waals surface area contributed by atoms with E-state index in [1.807, 2.05) is 0 Å². The summed E-state index contributed by atoms with van der Waals surface area (Å²) in [5, 5.41) is 0. The first kappa shape index (κ1) is 17.6. The molecule has 0 fully saturated rings. The largest absolute Gasteiger partial charge is 0.460 e. The monoisotopic (exact) mass is 358 g/mol. The highest BCUT2D eigenvalue weighted by Gasteiger charge is 2.73. The molecule has 0 aromatic heterocycles. The maximum atomic E-state index is 13.6. The van der Waals surface area contributed by atoms with Gasteiger partial charge in [-0.2, -0.15) is 30.7 Å². The summed E-state index contributed by atoms with van der Waals surface area (Å²) in [5.74, 6) is -11.6. The van der Waals surface area contributed by atoms with Gasteiger partial charge in [-0.05, 0) is 11.6 Å². The Kier molecular flexibility index (Phi) is 5.03. The molecule has 0 heterocycles. The number of hydrogen-bond donors (Lipinski definition) is 0. The maximum absolute atomic E-state index is 13.6. The van der Waals surface area contributed by atoms with Gasteiger partial charge in [-0.1, -0.05) is 24.3 Å². The summed E-state index contributed by atoms with van der Waals surface area (Å²) in [5.41, 5.74) is -1.83. The normalized spacial score (nSPS) is 13.9. The molecular formula is C10H7Cl2F7Si. The highest BCUT2D eigenvalue weighted by Crippen LogP contribution is 2.52. The van der Waals surface area contributed by atoms with Crippen LogP contribution in [0.5, 0.6) is 0 Å². The van der Waals surface area contributed by atoms with Gasteiger partial charge in [-0.3, -0.25) is 0 Å². The van der Waals surface area contributed by atoms with Crippen LogP contribution in [-0.4, -0.2) is 19.5 Å². The Morgan fingerprint density at radius 3 is 1.85 bits per heavy atom. The van der Waals surface area contributed by atoms with Crippen molar-refractivity contribution in [2.24, 2.45) is 0 Å². The molecule has 0 spiro atoms. The quantitative estimate of drug-likeness (QED) is 0.413. The number of alkyl halides is 7. The second-order valence-electron chi connectivity index (χ2n) is 3.90. The standard InChI is InChI=1S/C10H7Cl2F7Si/c11-20(12)5-6-3-1-2-4-7(6)8(13,14)9(15,16)10(17,18)19/h1-4,20H,5H2. The number of benzene rings is 1. The molecule has 0 aliphatic carbocycles. The molecule has 0 N–H and O–H groups in total. The van der Waals surface area contributed by atoms with Crippen molar-refractivity contribution in [1.82, 2.24) is 0 Å². The Bertz CT molecular complexity index is 473. The lowest BCUT2D eigenvalue weighted by molar-refractivity contribution is -0.359. The molecule has 0 saturated carbocycles. The molecule has 0 nitrogen and oxygen atoms in total. The molecule has 114 valence electrons. The average Bonchev–Trinajstić information content (AvgIpc) is 2.26. The smallest absolute Gasteiger partial charge is 0.194 e. The predicted molar refractivity (Wildman–Crippen MR) is 63.9 cm³/mol. The van der Waals surface area contributed by atoms with Crippen molar-refractivity contribution in [1.29, 1.82) is 0 Å². The van der Waals surface area contributed by atoms with E-state index >= 15 is 0 Å². The Morgan fingerprint density at radius 1 is 0.900 bits per heavy atom. The minimum absolute atomic E-state index is 0.344. The van der Waals surface area contributed by atoms with Gasteiger partial charge in [-0.15, -0.1) is 22.2 Å². The van der Waals surface area contributed by atoms with Crippen LogP contribution in [0, 0.1) is 0 Å². The van der Waals surface area contributed by atoms with E-state index in [0.29, 0.717) is 6.07 Å². The molecule has 10 heteroatoms. The van der Waals surface area contributed by atoms with Crippen LogP contribution in [0.1, 0.15) is 11.1 Å². The summed E-state index contributed by atoms with van der Waals surface area (Å²) in [6, 6.07) is 3.34. The summed E-state index contributed by atoms with van der Waals surface area (Å²) >= 11 is 11.0. The second kappa shape index (κ2) is 5.73. The first-order chi connectivity index (χ1) is 8.91. The second-order valence-corrected chi connectivity index (χ2v) is 8.92. The van der Waals surface area contributed by atoms with E-state index in [1.165, 1.54) is 6.07 Å². The molecule has 20 heavy (non-hydrogen) atoms. The molecule has 0 aliphatic heterocycles. The van der Waals surface area contributed by atoms with Gasteiger partial charge in [0, 0.05) is 5.56 Å². The van der Waals surface area contributed by atoms with E-state index in [0.717, 1.165) is 12.1 Å². The van der Waals surface area contributed by atoms with Crippen LogP contribution >= 0.6 is 22.2 Å². The highest BCUT2D eigenvalue weighted by molar-refractivity contribution is 7.33. The lowest BCUT2D eigenvalue weighted by atomic mass is 9.97. The van der Waals surface area contributed by atoms with E-state index in [-0.39, 0.29) is 6.04 Å². The predicted octanol–water partition coefficient (Wildman–Crippen LogP) is 4.76. The van der Waals surface area contributed by atoms with E-state index in [2.05, 4.69) is 0 Å². The van der Waals surface area contributed by atoms with Crippen molar-refractivity contribution < 1.29 is 30.7 Å². The molecular weight excluding hydrogens is 352 g/mol. The number of rotatable bonds is 4. The van der Waals surface area contributed by atoms with Gasteiger partial charge in [0.15, 0.2) is 0 Å². The van der Waals surface area contributed by atoms with Crippen molar-refractivity contribution in [3.63, 3.8) is 0 Å². The first-order valence-electron chi connectivity index (χ1n) is 5.10. The Hall–Kier alpha value is -0.473. The zero-order chi connectivity index (χ0) is 15.8. The molecule has 0 saturated heterocycles. The lowest BCUT2D eigenvalue weighted by Crippen LogP contribution is -2.50. The maximum Gasteiger partial charge on any atom is 0.460 e. The van der Waals surface area contributed by atoms with Gasteiger partial charge in [-0.25, -0.2) is 0 Å². The molecule has 1 aromatic rings. The van der Waals surface area contributed by atoms with E-state index in [4.69, 9.17) is 22.2 Å². The summed E-state index contributed by atoms with van der Waals surface area (Å²) in [7, 11) is -2.51. The zero-order valence-corrected chi connectivity index (χ0v) is 12.2. The first-order valence-corrected chi connectivity index (χ1v) is 9.41. The van der Waals surface area contributed by atoms with Crippen molar-refractivity contribution in [3.8, 4) is 0 Å². The van der Waals surface area contributed by atoms with Gasteiger partial charge in [0.05, 0.1) is 0 Å². The van der Waals surface area contributed by atoms with Crippen LogP contribution in [0.15, 0.2) is 24.3 Å². The van der Waals surface area contributed by atoms with Crippen LogP contribution in [0.25, 0.3) is 0 Å². The van der Waals surface area contributed by atoms with Crippen molar-refractivity contribution in [2.75, 3.05) is 0 Å². The van der Waals surface area contributed by atoms with Gasteiger partial charge in [0.2, 0.25) is 7.42 Å². The van der Waals surface area contributed by atoms with E-state index < -0.39 is 36.6 Å². The third kappa shape index (κ3) is 3.23. The third-order valence-electron chi connectivity index (χ3n) is 2.48. The third-order valence-corrected chi connectivity index (χ3v) is 4.15. The van der Waals surface area contributed by atoms with Gasteiger partial charge in [0.25, 0.3) is 0 Å². The van der Waals surface area contributed by atoms with Gasteiger partial charge >= 0.3 is 18.0 Å². The van der Waals surface area contributed by atoms with Gasteiger partial charge < -0.3 is 0 Å². The van der Waals surface area contributed by atoms with Crippen LogP contribution in [-0.2, 0) is 12.0 Å². The molecule has 0 aliphatic rings. The fraction of sp³-hybridized carbons (Fsp3) is 0.400. The molecule has 0 unspecified atom stereocenters. The zero-order valence-electron chi connectivity index (χ0n) is 9.50. The highest BCUT2D eigenvalue weighted by atomic mass is 35.7. The van der Waals surface area contributed by atoms with Crippen molar-refractivity contribution in [2.45, 2.75) is 24.1 Å². The minimum atomic E-state index is -6.37. The summed E-state index contributed by atoms with van der Waals surface area (Å²) in [6.07, 6.45) is -6.37. The van der Waals surface area contributed by atoms with Crippen LogP contribution in [0.3, 0.4) is 0 Å². The molecule has 0 bridgehead atoms. The summed E-state index contributed by atoms with van der Waals surface area (Å²) in [6.45, 7) is 0.